The Balaban J connectivity index is 1.39. The molecule has 8 N–H and O–H groups in total. The molecule has 2 amide bonds. The van der Waals surface area contributed by atoms with E-state index in [0.29, 0.717) is 23.1 Å². The summed E-state index contributed by atoms with van der Waals surface area (Å²) in [4.78, 5) is 55.9. The summed E-state index contributed by atoms with van der Waals surface area (Å²) in [5, 5.41) is 52.0. The van der Waals surface area contributed by atoms with Crippen LogP contribution in [0.2, 0.25) is 0 Å². The third kappa shape index (κ3) is 4.62. The predicted molar refractivity (Wildman–Crippen MR) is 164 cm³/mol. The minimum atomic E-state index is -2.72. The lowest BCUT2D eigenvalue weighted by atomic mass is 9.57. The lowest BCUT2D eigenvalue weighted by Gasteiger charge is -2.50. The van der Waals surface area contributed by atoms with Gasteiger partial charge in [-0.25, -0.2) is 0 Å². The Morgan fingerprint density at radius 1 is 1.07 bits per heavy atom. The molecular formula is C32H41N5O8. The van der Waals surface area contributed by atoms with E-state index in [4.69, 9.17) is 5.73 Å². The van der Waals surface area contributed by atoms with Crippen LogP contribution in [0.25, 0.3) is 5.76 Å². The van der Waals surface area contributed by atoms with E-state index >= 15 is 0 Å². The van der Waals surface area contributed by atoms with E-state index in [-0.39, 0.29) is 48.2 Å². The number of ketones is 2. The maximum atomic E-state index is 14.1. The summed E-state index contributed by atoms with van der Waals surface area (Å²) in [6, 6.07) is 0.739. The summed E-state index contributed by atoms with van der Waals surface area (Å²) in [5.74, 6) is -6.32. The first-order chi connectivity index (χ1) is 21.2. The maximum Gasteiger partial charge on any atom is 0.255 e. The molecule has 0 aromatic heterocycles. The molecule has 6 rings (SSSR count). The number of hydrogen-bond donors (Lipinski definition) is 7. The maximum absolute atomic E-state index is 14.1. The molecule has 0 saturated heterocycles. The molecule has 45 heavy (non-hydrogen) atoms. The minimum Gasteiger partial charge on any atom is -0.508 e. The Morgan fingerprint density at radius 3 is 2.36 bits per heavy atom. The highest BCUT2D eigenvalue weighted by Crippen LogP contribution is 2.54. The van der Waals surface area contributed by atoms with Crippen molar-refractivity contribution >= 4 is 40.5 Å². The molecule has 5 aliphatic carbocycles. The number of anilines is 2. The van der Waals surface area contributed by atoms with E-state index in [1.165, 1.54) is 17.7 Å². The van der Waals surface area contributed by atoms with Gasteiger partial charge in [0.2, 0.25) is 11.7 Å². The molecule has 5 aliphatic rings. The second-order valence-corrected chi connectivity index (χ2v) is 13.7. The molecule has 0 heterocycles. The summed E-state index contributed by atoms with van der Waals surface area (Å²) >= 11 is 0. The number of aliphatic hydroxyl groups is 3. The van der Waals surface area contributed by atoms with E-state index in [9.17, 15) is 39.6 Å². The highest BCUT2D eigenvalue weighted by molar-refractivity contribution is 6.24. The Bertz CT molecular complexity index is 1580. The molecule has 3 saturated carbocycles. The fourth-order valence-electron chi connectivity index (χ4n) is 8.70. The van der Waals surface area contributed by atoms with Crippen molar-refractivity contribution in [1.29, 1.82) is 0 Å². The SMILES string of the molecule is CN(C)c1cc(NC(=O)CNC2CC3CCC2C3)c(O)c2c1C[C@H]1C[C@H]3[C@H](N(C)C)C(=O)C(C(N)=O)=C(O)[C@@]3(O)C(=O)C1=C2O. The van der Waals surface area contributed by atoms with Crippen LogP contribution in [-0.4, -0.2) is 101 Å². The van der Waals surface area contributed by atoms with Gasteiger partial charge in [-0.1, -0.05) is 6.42 Å². The number of benzene rings is 1. The van der Waals surface area contributed by atoms with Crippen molar-refractivity contribution in [3.63, 3.8) is 0 Å². The van der Waals surface area contributed by atoms with Crippen molar-refractivity contribution in [1.82, 2.24) is 10.2 Å². The number of nitrogens with two attached hydrogens (primary N) is 1. The lowest BCUT2D eigenvalue weighted by molar-refractivity contribution is -0.153. The van der Waals surface area contributed by atoms with E-state index in [1.54, 1.807) is 39.2 Å². The van der Waals surface area contributed by atoms with Gasteiger partial charge in [-0.3, -0.25) is 24.1 Å². The fourth-order valence-corrected chi connectivity index (χ4v) is 8.70. The fraction of sp³-hybridized carbons (Fsp3) is 0.562. The van der Waals surface area contributed by atoms with Crippen LogP contribution >= 0.6 is 0 Å². The molecule has 13 heteroatoms. The molecule has 0 radical (unpaired) electrons. The number of hydrogen-bond acceptors (Lipinski definition) is 11. The van der Waals surface area contributed by atoms with Crippen LogP contribution in [0.3, 0.4) is 0 Å². The molecule has 3 unspecified atom stereocenters. The Morgan fingerprint density at radius 2 is 1.78 bits per heavy atom. The van der Waals surface area contributed by atoms with Gasteiger partial charge in [-0.05, 0) is 75.6 Å². The number of primary amides is 1. The molecule has 3 fully saturated rings. The van der Waals surface area contributed by atoms with Crippen molar-refractivity contribution < 1.29 is 39.6 Å². The summed E-state index contributed by atoms with van der Waals surface area (Å²) in [6.45, 7) is 0.0450. The van der Waals surface area contributed by atoms with Gasteiger partial charge in [-0.15, -0.1) is 0 Å². The molecule has 1 aromatic carbocycles. The molecule has 2 bridgehead atoms. The zero-order chi connectivity index (χ0) is 32.7. The molecule has 13 nitrogen and oxygen atoms in total. The van der Waals surface area contributed by atoms with Crippen LogP contribution in [-0.2, 0) is 25.6 Å². The van der Waals surface area contributed by atoms with Gasteiger partial charge in [0.1, 0.15) is 22.8 Å². The zero-order valence-corrected chi connectivity index (χ0v) is 25.9. The smallest absolute Gasteiger partial charge is 0.255 e. The summed E-state index contributed by atoms with van der Waals surface area (Å²) in [5.41, 5.74) is 2.63. The van der Waals surface area contributed by atoms with Crippen LogP contribution in [0, 0.1) is 23.7 Å². The normalized spacial score (nSPS) is 32.0. The van der Waals surface area contributed by atoms with Crippen LogP contribution in [0.5, 0.6) is 5.75 Å². The number of phenolic OH excluding ortho intramolecular Hbond substituents is 1. The predicted octanol–water partition coefficient (Wildman–Crippen LogP) is 0.747. The summed E-state index contributed by atoms with van der Waals surface area (Å²) < 4.78 is 0. The Hall–Kier alpha value is -3.94. The van der Waals surface area contributed by atoms with Gasteiger partial charge in [0, 0.05) is 37.3 Å². The summed E-state index contributed by atoms with van der Waals surface area (Å²) in [7, 11) is 6.65. The standard InChI is InChI=1S/C32H41N5O8/c1-36(2)20-11-19(35-21(38)12-34-18-8-13-5-6-14(18)7-13)26(39)23-16(20)9-15-10-17-25(37(3)4)28(41)24(31(33)44)30(43)32(17,45)29(42)22(15)27(23)40/h11,13-15,17-18,25,34,39-40,43,45H,5-10,12H2,1-4H3,(H2,33,44)(H,35,38)/t13?,14?,15-,17-,18?,25-,32-/m0/s1. The topological polar surface area (TPSA) is 206 Å². The Labute approximate surface area is 260 Å². The van der Waals surface area contributed by atoms with Gasteiger partial charge >= 0.3 is 0 Å². The average Bonchev–Trinajstić information content (AvgIpc) is 3.58. The van der Waals surface area contributed by atoms with E-state index < -0.39 is 63.8 Å². The molecule has 1 aromatic rings. The third-order valence-electron chi connectivity index (χ3n) is 10.7. The molecular weight excluding hydrogens is 582 g/mol. The van der Waals surface area contributed by atoms with Crippen LogP contribution < -0.4 is 21.3 Å². The minimum absolute atomic E-state index is 0.00737. The monoisotopic (exact) mass is 623 g/mol. The van der Waals surface area contributed by atoms with Gasteiger partial charge in [0.15, 0.2) is 11.4 Å². The number of aromatic hydroxyl groups is 1. The van der Waals surface area contributed by atoms with Gasteiger partial charge in [0.05, 0.1) is 23.8 Å². The molecule has 0 aliphatic heterocycles. The van der Waals surface area contributed by atoms with Gasteiger partial charge in [0.25, 0.3) is 5.91 Å². The molecule has 7 atom stereocenters. The van der Waals surface area contributed by atoms with Crippen molar-refractivity contribution in [3.05, 3.63) is 34.1 Å². The second-order valence-electron chi connectivity index (χ2n) is 13.7. The Kier molecular flexibility index (Phi) is 7.49. The number of amides is 2. The number of nitrogens with one attached hydrogen (secondary N) is 2. The lowest BCUT2D eigenvalue weighted by Crippen LogP contribution is -2.65. The average molecular weight is 624 g/mol. The van der Waals surface area contributed by atoms with Crippen LogP contribution in [0.15, 0.2) is 23.0 Å². The highest BCUT2D eigenvalue weighted by Gasteiger charge is 2.64. The first kappa shape index (κ1) is 31.1. The number of phenols is 1. The number of fused-ring (bicyclic) bond motifs is 5. The number of carbonyl (C=O) groups is 4. The first-order valence-electron chi connectivity index (χ1n) is 15.4. The quantitative estimate of drug-likeness (QED) is 0.167. The number of nitrogens with zero attached hydrogens (tertiary/aromatic N) is 2. The highest BCUT2D eigenvalue weighted by atomic mass is 16.3. The number of aliphatic hydroxyl groups excluding tert-OH is 2. The first-order valence-corrected chi connectivity index (χ1v) is 15.4. The number of carbonyl (C=O) groups excluding carboxylic acids is 4. The number of Topliss-reactive ketones (excluding diaryl/α,β-unsaturated/α-hetero) is 2. The molecule has 0 spiro atoms. The van der Waals surface area contributed by atoms with Crippen molar-refractivity contribution in [2.45, 2.75) is 56.2 Å². The molecule has 242 valence electrons. The van der Waals surface area contributed by atoms with Crippen LogP contribution in [0.1, 0.15) is 43.2 Å². The second kappa shape index (κ2) is 10.8. The van der Waals surface area contributed by atoms with E-state index in [1.807, 2.05) is 0 Å². The van der Waals surface area contributed by atoms with E-state index in [0.717, 1.165) is 12.8 Å². The van der Waals surface area contributed by atoms with Gasteiger partial charge < -0.3 is 41.7 Å². The number of rotatable bonds is 7. The van der Waals surface area contributed by atoms with Crippen molar-refractivity contribution in [2.75, 3.05) is 45.0 Å². The number of likely N-dealkylation sites (N-methyl/N-ethyl adjacent to an activating group) is 1. The third-order valence-corrected chi connectivity index (χ3v) is 10.7. The zero-order valence-electron chi connectivity index (χ0n) is 25.9. The van der Waals surface area contributed by atoms with Crippen molar-refractivity contribution in [2.24, 2.45) is 29.4 Å². The summed E-state index contributed by atoms with van der Waals surface area (Å²) in [6.07, 6.45) is 4.77. The van der Waals surface area contributed by atoms with Crippen molar-refractivity contribution in [3.8, 4) is 5.75 Å². The van der Waals surface area contributed by atoms with Crippen LogP contribution in [0.4, 0.5) is 11.4 Å². The largest absolute Gasteiger partial charge is 0.508 e. The van der Waals surface area contributed by atoms with Gasteiger partial charge in [-0.2, -0.15) is 0 Å². The van der Waals surface area contributed by atoms with E-state index in [2.05, 4.69) is 10.6 Å².